The third-order valence-electron chi connectivity index (χ3n) is 2.69. The first-order chi connectivity index (χ1) is 9.16. The van der Waals surface area contributed by atoms with Gasteiger partial charge in [0.1, 0.15) is 12.2 Å². The van der Waals surface area contributed by atoms with Crippen LogP contribution in [0.3, 0.4) is 0 Å². The number of nitrogens with two attached hydrogens (primary N) is 1. The van der Waals surface area contributed by atoms with Crippen molar-refractivity contribution in [2.24, 2.45) is 0 Å². The fourth-order valence-electron chi connectivity index (χ4n) is 1.68. The summed E-state index contributed by atoms with van der Waals surface area (Å²) in [5.74, 6) is 0.658. The number of hydrogen-bond acceptors (Lipinski definition) is 5. The van der Waals surface area contributed by atoms with Crippen molar-refractivity contribution in [3.05, 3.63) is 35.7 Å². The van der Waals surface area contributed by atoms with Crippen LogP contribution in [0.15, 0.2) is 18.6 Å². The van der Waals surface area contributed by atoms with Crippen molar-refractivity contribution < 1.29 is 4.79 Å². The van der Waals surface area contributed by atoms with Gasteiger partial charge in [-0.3, -0.25) is 14.9 Å². The van der Waals surface area contributed by atoms with E-state index in [4.69, 9.17) is 5.73 Å². The first-order valence-electron chi connectivity index (χ1n) is 6.01. The van der Waals surface area contributed by atoms with Crippen molar-refractivity contribution >= 4 is 11.6 Å². The lowest BCUT2D eigenvalue weighted by Gasteiger charge is -2.07. The van der Waals surface area contributed by atoms with Gasteiger partial charge in [0.2, 0.25) is 0 Å². The number of nitrogens with one attached hydrogen (secondary N) is 2. The van der Waals surface area contributed by atoms with E-state index in [9.17, 15) is 4.79 Å². The highest BCUT2D eigenvalue weighted by Gasteiger charge is 2.09. The van der Waals surface area contributed by atoms with Crippen LogP contribution in [0.2, 0.25) is 0 Å². The smallest absolute Gasteiger partial charge is 0.253 e. The minimum absolute atomic E-state index is 0.158. The van der Waals surface area contributed by atoms with Gasteiger partial charge in [-0.2, -0.15) is 5.10 Å². The molecule has 2 heterocycles. The highest BCUT2D eigenvalue weighted by molar-refractivity contribution is 5.95. The van der Waals surface area contributed by atoms with E-state index in [1.54, 1.807) is 13.0 Å². The predicted molar refractivity (Wildman–Crippen MR) is 70.4 cm³/mol. The first-order valence-corrected chi connectivity index (χ1v) is 6.01. The number of pyridine rings is 1. The van der Waals surface area contributed by atoms with Gasteiger partial charge >= 0.3 is 0 Å². The summed E-state index contributed by atoms with van der Waals surface area (Å²) >= 11 is 0. The molecule has 0 aliphatic heterocycles. The number of hydrogen-bond donors (Lipinski definition) is 3. The number of carbonyl (C=O) groups excluding carboxylic acids is 1. The second-order valence-electron chi connectivity index (χ2n) is 4.19. The van der Waals surface area contributed by atoms with Crippen molar-refractivity contribution in [3.63, 3.8) is 0 Å². The summed E-state index contributed by atoms with van der Waals surface area (Å²) in [6, 6.07) is 1.63. The van der Waals surface area contributed by atoms with Crippen LogP contribution in [0, 0.1) is 6.92 Å². The number of H-pyrrole nitrogens is 1. The van der Waals surface area contributed by atoms with E-state index in [-0.39, 0.29) is 5.91 Å². The van der Waals surface area contributed by atoms with Gasteiger partial charge < -0.3 is 11.1 Å². The Kier molecular flexibility index (Phi) is 4.07. The normalized spacial score (nSPS) is 10.4. The van der Waals surface area contributed by atoms with Crippen molar-refractivity contribution in [1.29, 1.82) is 0 Å². The van der Waals surface area contributed by atoms with E-state index in [1.165, 1.54) is 12.5 Å². The summed E-state index contributed by atoms with van der Waals surface area (Å²) in [5.41, 5.74) is 7.29. The number of nitrogens with zero attached hydrogens (tertiary/aromatic N) is 3. The molecule has 0 aliphatic carbocycles. The van der Waals surface area contributed by atoms with Crippen molar-refractivity contribution in [2.45, 2.75) is 19.8 Å². The number of aromatic amines is 1. The van der Waals surface area contributed by atoms with Crippen LogP contribution >= 0.6 is 0 Å². The molecule has 1 amide bonds. The Morgan fingerprint density at radius 1 is 1.47 bits per heavy atom. The molecule has 0 saturated heterocycles. The van der Waals surface area contributed by atoms with Gasteiger partial charge in [0.15, 0.2) is 0 Å². The maximum atomic E-state index is 11.9. The molecule has 2 aromatic rings. The number of aromatic nitrogens is 4. The molecule has 0 aromatic carbocycles. The minimum atomic E-state index is -0.158. The summed E-state index contributed by atoms with van der Waals surface area (Å²) in [6.45, 7) is 2.34. The Morgan fingerprint density at radius 3 is 3.05 bits per heavy atom. The van der Waals surface area contributed by atoms with Crippen LogP contribution in [-0.4, -0.2) is 32.6 Å². The Morgan fingerprint density at radius 2 is 2.32 bits per heavy atom. The molecule has 0 saturated carbocycles. The largest absolute Gasteiger partial charge is 0.397 e. The fraction of sp³-hybridized carbons (Fsp3) is 0.333. The number of amides is 1. The van der Waals surface area contributed by atoms with E-state index in [2.05, 4.69) is 25.5 Å². The highest BCUT2D eigenvalue weighted by Crippen LogP contribution is 2.09. The molecular formula is C12H16N6O. The van der Waals surface area contributed by atoms with Crippen molar-refractivity contribution in [1.82, 2.24) is 25.5 Å². The SMILES string of the molecule is Cc1ncc(N)cc1C(=O)NCCCc1ncn[nH]1. The van der Waals surface area contributed by atoms with Crippen molar-refractivity contribution in [2.75, 3.05) is 12.3 Å². The van der Waals surface area contributed by atoms with Gasteiger partial charge in [-0.1, -0.05) is 0 Å². The number of aryl methyl sites for hydroxylation is 2. The molecule has 2 rings (SSSR count). The molecule has 4 N–H and O–H groups in total. The Hall–Kier alpha value is -2.44. The third kappa shape index (κ3) is 3.51. The first kappa shape index (κ1) is 13.0. The van der Waals surface area contributed by atoms with Crippen LogP contribution < -0.4 is 11.1 Å². The molecule has 0 spiro atoms. The maximum Gasteiger partial charge on any atom is 0.253 e. The van der Waals surface area contributed by atoms with Gasteiger partial charge in [-0.25, -0.2) is 4.98 Å². The van der Waals surface area contributed by atoms with Crippen LogP contribution in [0.1, 0.15) is 28.3 Å². The molecule has 2 aromatic heterocycles. The average molecular weight is 260 g/mol. The van der Waals surface area contributed by atoms with Gasteiger partial charge in [-0.15, -0.1) is 0 Å². The van der Waals surface area contributed by atoms with Crippen LogP contribution in [0.5, 0.6) is 0 Å². The molecule has 7 nitrogen and oxygen atoms in total. The number of anilines is 1. The van der Waals surface area contributed by atoms with Crippen molar-refractivity contribution in [3.8, 4) is 0 Å². The topological polar surface area (TPSA) is 110 Å². The summed E-state index contributed by atoms with van der Waals surface area (Å²) in [7, 11) is 0. The lowest BCUT2D eigenvalue weighted by molar-refractivity contribution is 0.0952. The Bertz CT molecular complexity index is 551. The predicted octanol–water partition coefficient (Wildman–Crippen LogP) is 0.453. The van der Waals surface area contributed by atoms with Gasteiger partial charge in [0, 0.05) is 13.0 Å². The fourth-order valence-corrected chi connectivity index (χ4v) is 1.68. The number of nitrogen functional groups attached to an aromatic ring is 1. The molecule has 100 valence electrons. The molecule has 0 unspecified atom stereocenters. The van der Waals surface area contributed by atoms with E-state index < -0.39 is 0 Å². The van der Waals surface area contributed by atoms with Crippen LogP contribution in [-0.2, 0) is 6.42 Å². The third-order valence-corrected chi connectivity index (χ3v) is 2.69. The molecule has 0 radical (unpaired) electrons. The molecule has 0 fully saturated rings. The Balaban J connectivity index is 1.82. The zero-order valence-electron chi connectivity index (χ0n) is 10.7. The molecule has 0 bridgehead atoms. The lowest BCUT2D eigenvalue weighted by Crippen LogP contribution is -2.26. The monoisotopic (exact) mass is 260 g/mol. The van der Waals surface area contributed by atoms with E-state index in [0.717, 1.165) is 18.7 Å². The average Bonchev–Trinajstić information content (AvgIpc) is 2.90. The zero-order chi connectivity index (χ0) is 13.7. The van der Waals surface area contributed by atoms with Gasteiger partial charge in [0.25, 0.3) is 5.91 Å². The molecule has 0 aliphatic rings. The molecule has 19 heavy (non-hydrogen) atoms. The van der Waals surface area contributed by atoms with Gasteiger partial charge in [-0.05, 0) is 19.4 Å². The maximum absolute atomic E-state index is 11.9. The molecule has 0 atom stereocenters. The van der Waals surface area contributed by atoms with E-state index >= 15 is 0 Å². The summed E-state index contributed by atoms with van der Waals surface area (Å²) in [5, 5.41) is 9.37. The molecular weight excluding hydrogens is 244 g/mol. The lowest BCUT2D eigenvalue weighted by atomic mass is 10.2. The highest BCUT2D eigenvalue weighted by atomic mass is 16.1. The summed E-state index contributed by atoms with van der Waals surface area (Å²) < 4.78 is 0. The number of carbonyl (C=O) groups is 1. The summed E-state index contributed by atoms with van der Waals surface area (Å²) in [6.07, 6.45) is 4.54. The second-order valence-corrected chi connectivity index (χ2v) is 4.19. The molecule has 7 heteroatoms. The standard InChI is InChI=1S/C12H16N6O/c1-8-10(5-9(13)6-15-8)12(19)14-4-2-3-11-16-7-17-18-11/h5-7H,2-4,13H2,1H3,(H,14,19)(H,16,17,18). The van der Waals surface area contributed by atoms with Crippen LogP contribution in [0.4, 0.5) is 5.69 Å². The minimum Gasteiger partial charge on any atom is -0.397 e. The zero-order valence-corrected chi connectivity index (χ0v) is 10.7. The second kappa shape index (κ2) is 5.94. The quantitative estimate of drug-likeness (QED) is 0.676. The Labute approximate surface area is 110 Å². The number of rotatable bonds is 5. The van der Waals surface area contributed by atoms with E-state index in [0.29, 0.717) is 23.5 Å². The van der Waals surface area contributed by atoms with Gasteiger partial charge in [0.05, 0.1) is 23.1 Å². The van der Waals surface area contributed by atoms with E-state index in [1.807, 2.05) is 0 Å². The summed E-state index contributed by atoms with van der Waals surface area (Å²) in [4.78, 5) is 20.0. The van der Waals surface area contributed by atoms with Crippen LogP contribution in [0.25, 0.3) is 0 Å².